The van der Waals surface area contributed by atoms with Crippen LogP contribution in [0.3, 0.4) is 0 Å². The molecule has 144 valence electrons. The van der Waals surface area contributed by atoms with Crippen LogP contribution in [0.1, 0.15) is 11.1 Å². The van der Waals surface area contributed by atoms with Crippen molar-refractivity contribution in [2.24, 2.45) is 5.10 Å². The zero-order valence-electron chi connectivity index (χ0n) is 14.7. The lowest BCUT2D eigenvalue weighted by atomic mass is 10.2. The first-order chi connectivity index (χ1) is 13.6. The van der Waals surface area contributed by atoms with E-state index in [0.29, 0.717) is 11.7 Å². The van der Waals surface area contributed by atoms with Crippen LogP contribution in [0.25, 0.3) is 0 Å². The van der Waals surface area contributed by atoms with Crippen LogP contribution in [0.2, 0.25) is 0 Å². The third-order valence-electron chi connectivity index (χ3n) is 3.58. The predicted octanol–water partition coefficient (Wildman–Crippen LogP) is 1.99. The second kappa shape index (κ2) is 9.51. The summed E-state index contributed by atoms with van der Waals surface area (Å²) in [5.41, 5.74) is 4.44. The summed E-state index contributed by atoms with van der Waals surface area (Å²) >= 11 is 1.14. The first-order valence-corrected chi connectivity index (χ1v) is 9.29. The number of hydrazone groups is 1. The fourth-order valence-corrected chi connectivity index (χ4v) is 2.83. The number of benzene rings is 2. The molecule has 3 aromatic rings. The number of hydrogen-bond acceptors (Lipinski definition) is 7. The molecule has 0 aliphatic heterocycles. The molecule has 3 rings (SSSR count). The van der Waals surface area contributed by atoms with Crippen LogP contribution >= 0.6 is 11.8 Å². The summed E-state index contributed by atoms with van der Waals surface area (Å²) in [6.45, 7) is 0.315. The molecule has 1 aromatic heterocycles. The van der Waals surface area contributed by atoms with Crippen molar-refractivity contribution in [1.82, 2.24) is 20.2 Å². The zero-order chi connectivity index (χ0) is 19.8. The maximum absolute atomic E-state index is 12.9. The van der Waals surface area contributed by atoms with Gasteiger partial charge in [-0.25, -0.2) is 14.5 Å². The summed E-state index contributed by atoms with van der Waals surface area (Å²) in [4.78, 5) is 12.0. The van der Waals surface area contributed by atoms with Gasteiger partial charge in [0.2, 0.25) is 11.1 Å². The Kier molecular flexibility index (Phi) is 6.58. The second-order valence-electron chi connectivity index (χ2n) is 5.65. The molecule has 0 radical (unpaired) electrons. The monoisotopic (exact) mass is 399 g/mol. The van der Waals surface area contributed by atoms with Crippen LogP contribution in [0, 0.1) is 5.82 Å². The van der Waals surface area contributed by atoms with E-state index >= 15 is 0 Å². The molecule has 0 saturated heterocycles. The molecule has 0 fully saturated rings. The zero-order valence-corrected chi connectivity index (χ0v) is 15.6. The molecule has 0 aliphatic rings. The van der Waals surface area contributed by atoms with Crippen molar-refractivity contribution in [2.45, 2.75) is 11.7 Å². The lowest BCUT2D eigenvalue weighted by Crippen LogP contribution is -2.25. The highest BCUT2D eigenvalue weighted by Crippen LogP contribution is 2.16. The SMILES string of the molecule is Nn1c(N/N=C/c2ccccc2)nnc1SCC(=O)NCc1ccc(F)cc1. The van der Waals surface area contributed by atoms with Crippen LogP contribution in [-0.2, 0) is 11.3 Å². The minimum atomic E-state index is -0.314. The lowest BCUT2D eigenvalue weighted by molar-refractivity contribution is -0.118. The van der Waals surface area contributed by atoms with Crippen LogP contribution < -0.4 is 16.6 Å². The Morgan fingerprint density at radius 3 is 2.68 bits per heavy atom. The van der Waals surface area contributed by atoms with Crippen molar-refractivity contribution in [3.05, 3.63) is 71.5 Å². The van der Waals surface area contributed by atoms with Crippen molar-refractivity contribution >= 4 is 29.8 Å². The number of nitrogens with one attached hydrogen (secondary N) is 2. The van der Waals surface area contributed by atoms with Gasteiger partial charge < -0.3 is 11.2 Å². The largest absolute Gasteiger partial charge is 0.351 e. The Balaban J connectivity index is 1.46. The van der Waals surface area contributed by atoms with E-state index in [2.05, 4.69) is 26.0 Å². The number of aromatic nitrogens is 3. The molecule has 10 heteroatoms. The van der Waals surface area contributed by atoms with Gasteiger partial charge in [-0.15, -0.1) is 10.2 Å². The third kappa shape index (κ3) is 5.55. The van der Waals surface area contributed by atoms with Gasteiger partial charge in [0.05, 0.1) is 12.0 Å². The van der Waals surface area contributed by atoms with Gasteiger partial charge in [-0.2, -0.15) is 5.10 Å². The van der Waals surface area contributed by atoms with Crippen LogP contribution in [0.4, 0.5) is 10.3 Å². The van der Waals surface area contributed by atoms with Gasteiger partial charge in [-0.3, -0.25) is 4.79 Å². The van der Waals surface area contributed by atoms with Gasteiger partial charge >= 0.3 is 0 Å². The average molecular weight is 399 g/mol. The summed E-state index contributed by atoms with van der Waals surface area (Å²) in [7, 11) is 0. The fraction of sp³-hybridized carbons (Fsp3) is 0.111. The molecule has 1 amide bonds. The standard InChI is InChI=1S/C18H18FN7OS/c19-15-8-6-14(7-9-15)10-21-16(27)12-28-18-25-24-17(26(18)20)23-22-11-13-4-2-1-3-5-13/h1-9,11H,10,12,20H2,(H,21,27)(H,23,24)/b22-11+. The van der Waals surface area contributed by atoms with Crippen molar-refractivity contribution < 1.29 is 9.18 Å². The summed E-state index contributed by atoms with van der Waals surface area (Å²) in [6.07, 6.45) is 1.63. The number of halogens is 1. The molecule has 0 atom stereocenters. The minimum absolute atomic E-state index is 0.115. The van der Waals surface area contributed by atoms with E-state index in [1.807, 2.05) is 30.3 Å². The molecule has 0 bridgehead atoms. The number of hydrogen-bond donors (Lipinski definition) is 3. The average Bonchev–Trinajstić information content (AvgIpc) is 3.06. The van der Waals surface area contributed by atoms with E-state index in [9.17, 15) is 9.18 Å². The highest BCUT2D eigenvalue weighted by atomic mass is 32.2. The normalized spacial score (nSPS) is 10.9. The van der Waals surface area contributed by atoms with Crippen LogP contribution in [0.5, 0.6) is 0 Å². The number of nitrogens with zero attached hydrogens (tertiary/aromatic N) is 4. The van der Waals surface area contributed by atoms with Crippen LogP contribution in [0.15, 0.2) is 64.9 Å². The summed E-state index contributed by atoms with van der Waals surface area (Å²) in [5, 5.41) is 15.0. The number of rotatable bonds is 8. The number of carbonyl (C=O) groups excluding carboxylic acids is 1. The molecule has 0 aliphatic carbocycles. The van der Waals surface area contributed by atoms with E-state index in [1.165, 1.54) is 16.8 Å². The van der Waals surface area contributed by atoms with E-state index in [1.54, 1.807) is 18.3 Å². The summed E-state index contributed by atoms with van der Waals surface area (Å²) < 4.78 is 14.1. The van der Waals surface area contributed by atoms with Crippen LogP contribution in [-0.4, -0.2) is 32.7 Å². The van der Waals surface area contributed by atoms with Crippen molar-refractivity contribution in [2.75, 3.05) is 17.0 Å². The molecule has 0 saturated carbocycles. The molecule has 0 unspecified atom stereocenters. The molecule has 4 N–H and O–H groups in total. The first kappa shape index (κ1) is 19.4. The highest BCUT2D eigenvalue weighted by Gasteiger charge is 2.11. The smallest absolute Gasteiger partial charge is 0.264 e. The maximum Gasteiger partial charge on any atom is 0.264 e. The topological polar surface area (TPSA) is 110 Å². The van der Waals surface area contributed by atoms with Crippen molar-refractivity contribution in [3.63, 3.8) is 0 Å². The van der Waals surface area contributed by atoms with Crippen molar-refractivity contribution in [1.29, 1.82) is 0 Å². The third-order valence-corrected chi connectivity index (χ3v) is 4.52. The number of nitrogen functional groups attached to an aromatic ring is 1. The number of anilines is 1. The molecule has 2 aromatic carbocycles. The molecular formula is C18H18FN7OS. The van der Waals surface area contributed by atoms with Crippen molar-refractivity contribution in [3.8, 4) is 0 Å². The van der Waals surface area contributed by atoms with Gasteiger partial charge in [-0.1, -0.05) is 54.2 Å². The molecule has 1 heterocycles. The van der Waals surface area contributed by atoms with Gasteiger partial charge in [0.25, 0.3) is 5.95 Å². The highest BCUT2D eigenvalue weighted by molar-refractivity contribution is 7.99. The number of amides is 1. The predicted molar refractivity (Wildman–Crippen MR) is 107 cm³/mol. The quantitative estimate of drug-likeness (QED) is 0.231. The van der Waals surface area contributed by atoms with Gasteiger partial charge in [0.15, 0.2) is 0 Å². The summed E-state index contributed by atoms with van der Waals surface area (Å²) in [5.74, 6) is 5.77. The number of carbonyl (C=O) groups is 1. The number of thioether (sulfide) groups is 1. The van der Waals surface area contributed by atoms with E-state index < -0.39 is 0 Å². The van der Waals surface area contributed by atoms with Gasteiger partial charge in [-0.05, 0) is 23.3 Å². The Morgan fingerprint density at radius 2 is 1.93 bits per heavy atom. The number of nitrogens with two attached hydrogens (primary N) is 1. The van der Waals surface area contributed by atoms with E-state index in [4.69, 9.17) is 5.84 Å². The fourth-order valence-electron chi connectivity index (χ4n) is 2.14. The Labute approximate surface area is 165 Å². The van der Waals surface area contributed by atoms with Gasteiger partial charge in [0, 0.05) is 6.54 Å². The van der Waals surface area contributed by atoms with E-state index in [-0.39, 0.29) is 23.4 Å². The first-order valence-electron chi connectivity index (χ1n) is 8.30. The Morgan fingerprint density at radius 1 is 1.18 bits per heavy atom. The van der Waals surface area contributed by atoms with E-state index in [0.717, 1.165) is 22.9 Å². The maximum atomic E-state index is 12.9. The molecule has 8 nitrogen and oxygen atoms in total. The summed E-state index contributed by atoms with van der Waals surface area (Å²) in [6, 6.07) is 15.5. The Hall–Kier alpha value is -3.40. The Bertz CT molecular complexity index is 944. The molecule has 0 spiro atoms. The lowest BCUT2D eigenvalue weighted by Gasteiger charge is -2.05. The molecular weight excluding hydrogens is 381 g/mol. The van der Waals surface area contributed by atoms with Gasteiger partial charge in [0.1, 0.15) is 5.82 Å². The second-order valence-corrected chi connectivity index (χ2v) is 6.59. The minimum Gasteiger partial charge on any atom is -0.351 e. The molecule has 28 heavy (non-hydrogen) atoms.